The fraction of sp³-hybridized carbons (Fsp3) is 0.333. The lowest BCUT2D eigenvalue weighted by Crippen LogP contribution is -2.25. The van der Waals surface area contributed by atoms with Gasteiger partial charge in [0.2, 0.25) is 0 Å². The molecule has 0 aliphatic carbocycles. The van der Waals surface area contributed by atoms with Crippen LogP contribution in [0.3, 0.4) is 0 Å². The summed E-state index contributed by atoms with van der Waals surface area (Å²) in [6, 6.07) is 19.4. The van der Waals surface area contributed by atoms with Crippen LogP contribution in [-0.4, -0.2) is 18.0 Å². The van der Waals surface area contributed by atoms with Crippen molar-refractivity contribution in [3.05, 3.63) is 71.8 Å². The quantitative estimate of drug-likeness (QED) is 0.754. The summed E-state index contributed by atoms with van der Waals surface area (Å²) in [5.74, 6) is -0.581. The third-order valence-electron chi connectivity index (χ3n) is 4.52. The van der Waals surface area contributed by atoms with Gasteiger partial charge in [-0.25, -0.2) is 0 Å². The van der Waals surface area contributed by atoms with Gasteiger partial charge in [0, 0.05) is 6.42 Å². The van der Waals surface area contributed by atoms with Crippen molar-refractivity contribution in [3.63, 3.8) is 0 Å². The molecule has 2 aromatic rings. The smallest absolute Gasteiger partial charge is 0.312 e. The Labute approximate surface area is 147 Å². The van der Waals surface area contributed by atoms with E-state index in [1.165, 1.54) is 0 Å². The number of ether oxygens (including phenoxy) is 2. The van der Waals surface area contributed by atoms with Crippen molar-refractivity contribution in [2.24, 2.45) is 5.41 Å². The van der Waals surface area contributed by atoms with Crippen LogP contribution in [0.25, 0.3) is 0 Å². The lowest BCUT2D eigenvalue weighted by Gasteiger charge is -2.18. The van der Waals surface area contributed by atoms with Crippen LogP contribution in [0.2, 0.25) is 0 Å². The van der Waals surface area contributed by atoms with Gasteiger partial charge in [0.05, 0.1) is 11.8 Å². The largest absolute Gasteiger partial charge is 0.461 e. The van der Waals surface area contributed by atoms with Crippen LogP contribution >= 0.6 is 0 Å². The molecule has 0 saturated carbocycles. The van der Waals surface area contributed by atoms with Crippen molar-refractivity contribution in [2.45, 2.75) is 38.9 Å². The Balaban J connectivity index is 1.52. The molecule has 4 heteroatoms. The SMILES string of the molecule is CC1(Cc2ccccc2)C[C@H](CC(=O)OCc2ccccc2)OC1=O. The van der Waals surface area contributed by atoms with Crippen LogP contribution in [0.1, 0.15) is 30.9 Å². The van der Waals surface area contributed by atoms with Gasteiger partial charge in [0.25, 0.3) is 0 Å². The molecule has 25 heavy (non-hydrogen) atoms. The van der Waals surface area contributed by atoms with Gasteiger partial charge in [0.15, 0.2) is 0 Å². The molecule has 4 nitrogen and oxygen atoms in total. The Morgan fingerprint density at radius 3 is 2.32 bits per heavy atom. The van der Waals surface area contributed by atoms with E-state index in [2.05, 4.69) is 0 Å². The molecule has 0 amide bonds. The van der Waals surface area contributed by atoms with E-state index in [1.807, 2.05) is 67.6 Å². The van der Waals surface area contributed by atoms with E-state index in [9.17, 15) is 9.59 Å². The second kappa shape index (κ2) is 7.51. The highest BCUT2D eigenvalue weighted by molar-refractivity contribution is 5.80. The molecule has 1 fully saturated rings. The van der Waals surface area contributed by atoms with Crippen molar-refractivity contribution >= 4 is 11.9 Å². The predicted molar refractivity (Wildman–Crippen MR) is 93.6 cm³/mol. The lowest BCUT2D eigenvalue weighted by atomic mass is 9.80. The number of hydrogen-bond acceptors (Lipinski definition) is 4. The zero-order valence-corrected chi connectivity index (χ0v) is 14.3. The van der Waals surface area contributed by atoms with Gasteiger partial charge < -0.3 is 9.47 Å². The lowest BCUT2D eigenvalue weighted by molar-refractivity contribution is -0.152. The van der Waals surface area contributed by atoms with E-state index in [1.54, 1.807) is 0 Å². The van der Waals surface area contributed by atoms with Gasteiger partial charge in [-0.1, -0.05) is 60.7 Å². The van der Waals surface area contributed by atoms with Crippen molar-refractivity contribution in [1.82, 2.24) is 0 Å². The Hall–Kier alpha value is -2.62. The standard InChI is InChI=1S/C21H22O4/c1-21(13-16-8-4-2-5-9-16)14-18(25-20(21)23)12-19(22)24-15-17-10-6-3-7-11-17/h2-11,18H,12-15H2,1H3/t18-,21?/m0/s1. The minimum absolute atomic E-state index is 0.100. The molecule has 3 rings (SSSR count). The minimum Gasteiger partial charge on any atom is -0.461 e. The first kappa shape index (κ1) is 17.2. The maximum atomic E-state index is 12.3. The predicted octanol–water partition coefficient (Wildman–Crippen LogP) is 3.68. The van der Waals surface area contributed by atoms with Gasteiger partial charge in [-0.05, 0) is 24.5 Å². The summed E-state index contributed by atoms with van der Waals surface area (Å²) in [5, 5.41) is 0. The number of hydrogen-bond donors (Lipinski definition) is 0. The number of cyclic esters (lactones) is 1. The zero-order valence-electron chi connectivity index (χ0n) is 14.3. The van der Waals surface area contributed by atoms with Crippen LogP contribution < -0.4 is 0 Å². The molecule has 1 aliphatic rings. The molecule has 0 radical (unpaired) electrons. The van der Waals surface area contributed by atoms with Crippen molar-refractivity contribution in [2.75, 3.05) is 0 Å². The molecule has 2 atom stereocenters. The van der Waals surface area contributed by atoms with Crippen LogP contribution in [0.4, 0.5) is 0 Å². The number of carbonyl (C=O) groups is 2. The van der Waals surface area contributed by atoms with Crippen LogP contribution in [0.5, 0.6) is 0 Å². The van der Waals surface area contributed by atoms with Gasteiger partial charge in [-0.2, -0.15) is 0 Å². The average molecular weight is 338 g/mol. The van der Waals surface area contributed by atoms with E-state index in [-0.39, 0.29) is 25.0 Å². The summed E-state index contributed by atoms with van der Waals surface area (Å²) in [6.45, 7) is 2.14. The molecule has 1 aliphatic heterocycles. The van der Waals surface area contributed by atoms with Gasteiger partial charge in [-0.3, -0.25) is 9.59 Å². The summed E-state index contributed by atoms with van der Waals surface area (Å²) in [4.78, 5) is 24.3. The van der Waals surface area contributed by atoms with Crippen molar-refractivity contribution in [3.8, 4) is 0 Å². The van der Waals surface area contributed by atoms with E-state index in [4.69, 9.17) is 9.47 Å². The Morgan fingerprint density at radius 1 is 1.08 bits per heavy atom. The third kappa shape index (κ3) is 4.47. The molecule has 2 aromatic carbocycles. The number of carbonyl (C=O) groups excluding carboxylic acids is 2. The molecule has 0 aromatic heterocycles. The molecule has 1 heterocycles. The summed E-state index contributed by atoms with van der Waals surface area (Å²) in [6.07, 6.45) is 0.830. The summed E-state index contributed by atoms with van der Waals surface area (Å²) in [7, 11) is 0. The van der Waals surface area contributed by atoms with Gasteiger partial charge >= 0.3 is 11.9 Å². The van der Waals surface area contributed by atoms with Crippen LogP contribution in [0, 0.1) is 5.41 Å². The first-order valence-corrected chi connectivity index (χ1v) is 8.50. The molecule has 130 valence electrons. The molecule has 0 bridgehead atoms. The molecule has 1 unspecified atom stereocenters. The summed E-state index contributed by atoms with van der Waals surface area (Å²) < 4.78 is 10.7. The molecule has 0 N–H and O–H groups in total. The maximum absolute atomic E-state index is 12.3. The van der Waals surface area contributed by atoms with E-state index in [0.29, 0.717) is 12.8 Å². The second-order valence-corrected chi connectivity index (χ2v) is 6.80. The first-order chi connectivity index (χ1) is 12.0. The highest BCUT2D eigenvalue weighted by Crippen LogP contribution is 2.38. The fourth-order valence-electron chi connectivity index (χ4n) is 3.21. The third-order valence-corrected chi connectivity index (χ3v) is 4.52. The zero-order chi connectivity index (χ0) is 17.7. The second-order valence-electron chi connectivity index (χ2n) is 6.80. The summed E-state index contributed by atoms with van der Waals surface area (Å²) >= 11 is 0. The van der Waals surface area contributed by atoms with Gasteiger partial charge in [-0.15, -0.1) is 0 Å². The number of rotatable bonds is 6. The van der Waals surface area contributed by atoms with Crippen molar-refractivity contribution in [1.29, 1.82) is 0 Å². The highest BCUT2D eigenvalue weighted by Gasteiger charge is 2.45. The van der Waals surface area contributed by atoms with E-state index < -0.39 is 11.5 Å². The summed E-state index contributed by atoms with van der Waals surface area (Å²) in [5.41, 5.74) is 1.44. The van der Waals surface area contributed by atoms with Gasteiger partial charge in [0.1, 0.15) is 12.7 Å². The Bertz CT molecular complexity index is 726. The molecular weight excluding hydrogens is 316 g/mol. The Kier molecular flexibility index (Phi) is 5.17. The highest BCUT2D eigenvalue weighted by atomic mass is 16.6. The topological polar surface area (TPSA) is 52.6 Å². The van der Waals surface area contributed by atoms with Crippen LogP contribution in [-0.2, 0) is 32.1 Å². The number of benzene rings is 2. The molecule has 0 spiro atoms. The van der Waals surface area contributed by atoms with E-state index in [0.717, 1.165) is 11.1 Å². The van der Waals surface area contributed by atoms with Crippen LogP contribution in [0.15, 0.2) is 60.7 Å². The minimum atomic E-state index is -0.592. The molecule has 1 saturated heterocycles. The number of esters is 2. The fourth-order valence-corrected chi connectivity index (χ4v) is 3.21. The van der Waals surface area contributed by atoms with E-state index >= 15 is 0 Å². The van der Waals surface area contributed by atoms with Crippen molar-refractivity contribution < 1.29 is 19.1 Å². The average Bonchev–Trinajstić information content (AvgIpc) is 2.88. The first-order valence-electron chi connectivity index (χ1n) is 8.50. The molecular formula is C21H22O4. The maximum Gasteiger partial charge on any atom is 0.312 e. The monoisotopic (exact) mass is 338 g/mol. The Morgan fingerprint density at radius 2 is 1.68 bits per heavy atom. The normalized spacial score (nSPS) is 22.4.